The summed E-state index contributed by atoms with van der Waals surface area (Å²) in [6, 6.07) is 2.60. The van der Waals surface area contributed by atoms with E-state index in [0.717, 1.165) is 6.08 Å². The molecule has 0 fully saturated rings. The SMILES string of the molecule is CCOC(=O)/C=C/c1cc(OC)c(O)c([N+](=O)O)c1. The molecular weight excluding hydrogens is 254 g/mol. The Morgan fingerprint density at radius 1 is 1.47 bits per heavy atom. The van der Waals surface area contributed by atoms with Crippen LogP contribution in [0.4, 0.5) is 5.69 Å². The van der Waals surface area contributed by atoms with Crippen LogP contribution in [0.2, 0.25) is 0 Å². The van der Waals surface area contributed by atoms with E-state index in [0.29, 0.717) is 5.56 Å². The van der Waals surface area contributed by atoms with E-state index in [1.807, 2.05) is 0 Å². The van der Waals surface area contributed by atoms with Gasteiger partial charge in [0.15, 0.2) is 5.75 Å². The van der Waals surface area contributed by atoms with Gasteiger partial charge in [-0.05, 0) is 24.6 Å². The zero-order chi connectivity index (χ0) is 14.4. The largest absolute Gasteiger partial charge is 0.499 e. The Labute approximate surface area is 109 Å². The topological polar surface area (TPSA) is 96.1 Å². The molecule has 1 rings (SSSR count). The van der Waals surface area contributed by atoms with E-state index in [2.05, 4.69) is 0 Å². The predicted octanol–water partition coefficient (Wildman–Crippen LogP) is 1.78. The summed E-state index contributed by atoms with van der Waals surface area (Å²) in [7, 11) is 1.30. The fourth-order valence-electron chi connectivity index (χ4n) is 1.37. The number of phenolic OH excluding ortho intramolecular Hbond substituents is 1. The van der Waals surface area contributed by atoms with E-state index in [-0.39, 0.29) is 18.0 Å². The Balaban J connectivity index is 3.12. The molecule has 19 heavy (non-hydrogen) atoms. The molecular formula is C12H14NO6+. The molecule has 0 saturated carbocycles. The third-order valence-corrected chi connectivity index (χ3v) is 2.20. The van der Waals surface area contributed by atoms with E-state index in [1.165, 1.54) is 25.3 Å². The number of nitrogens with zero attached hydrogens (tertiary/aromatic N) is 1. The van der Waals surface area contributed by atoms with Crippen molar-refractivity contribution < 1.29 is 29.5 Å². The summed E-state index contributed by atoms with van der Waals surface area (Å²) in [4.78, 5) is 21.5. The van der Waals surface area contributed by atoms with Crippen LogP contribution < -0.4 is 4.74 Å². The van der Waals surface area contributed by atoms with Gasteiger partial charge in [0.1, 0.15) is 0 Å². The molecule has 7 nitrogen and oxygen atoms in total. The number of hydrogen-bond donors (Lipinski definition) is 2. The number of rotatable bonds is 5. The molecule has 0 aromatic heterocycles. The molecule has 0 aliphatic carbocycles. The van der Waals surface area contributed by atoms with Crippen LogP contribution in [-0.2, 0) is 9.53 Å². The molecule has 7 heteroatoms. The van der Waals surface area contributed by atoms with Crippen LogP contribution in [0.5, 0.6) is 11.5 Å². The van der Waals surface area contributed by atoms with Crippen molar-refractivity contribution in [1.29, 1.82) is 0 Å². The van der Waals surface area contributed by atoms with Crippen molar-refractivity contribution in [3.8, 4) is 11.5 Å². The Morgan fingerprint density at radius 2 is 2.16 bits per heavy atom. The van der Waals surface area contributed by atoms with Crippen molar-refractivity contribution in [2.75, 3.05) is 13.7 Å². The van der Waals surface area contributed by atoms with Crippen molar-refractivity contribution in [2.24, 2.45) is 0 Å². The maximum absolute atomic E-state index is 11.1. The Bertz CT molecular complexity index is 523. The number of esters is 1. The molecule has 2 N–H and O–H groups in total. The zero-order valence-electron chi connectivity index (χ0n) is 10.5. The highest BCUT2D eigenvalue weighted by atomic mass is 16.6. The van der Waals surface area contributed by atoms with Gasteiger partial charge in [-0.3, -0.25) is 0 Å². The van der Waals surface area contributed by atoms with Crippen LogP contribution in [0.25, 0.3) is 6.08 Å². The van der Waals surface area contributed by atoms with Crippen molar-refractivity contribution in [1.82, 2.24) is 0 Å². The van der Waals surface area contributed by atoms with Gasteiger partial charge in [-0.15, -0.1) is 0 Å². The van der Waals surface area contributed by atoms with Crippen LogP contribution in [0.3, 0.4) is 0 Å². The fourth-order valence-corrected chi connectivity index (χ4v) is 1.37. The second-order valence-electron chi connectivity index (χ2n) is 3.45. The Morgan fingerprint density at radius 3 is 2.68 bits per heavy atom. The first-order chi connectivity index (χ1) is 8.99. The maximum atomic E-state index is 11.1. The monoisotopic (exact) mass is 268 g/mol. The van der Waals surface area contributed by atoms with Crippen LogP contribution >= 0.6 is 0 Å². The Hall–Kier alpha value is -2.57. The van der Waals surface area contributed by atoms with Gasteiger partial charge < -0.3 is 14.6 Å². The van der Waals surface area contributed by atoms with Crippen LogP contribution in [0, 0.1) is 4.91 Å². The van der Waals surface area contributed by atoms with Crippen molar-refractivity contribution >= 4 is 17.7 Å². The quantitative estimate of drug-likeness (QED) is 0.480. The highest BCUT2D eigenvalue weighted by molar-refractivity contribution is 5.87. The molecule has 102 valence electrons. The molecule has 0 spiro atoms. The minimum atomic E-state index is -0.543. The second kappa shape index (κ2) is 6.39. The summed E-state index contributed by atoms with van der Waals surface area (Å²) in [5.41, 5.74) is -0.00420. The summed E-state index contributed by atoms with van der Waals surface area (Å²) >= 11 is 0. The first kappa shape index (κ1) is 14.5. The summed E-state index contributed by atoms with van der Waals surface area (Å²) in [6.45, 7) is 1.92. The van der Waals surface area contributed by atoms with Crippen molar-refractivity contribution in [3.05, 3.63) is 28.7 Å². The molecule has 1 aromatic carbocycles. The molecule has 1 aromatic rings. The average Bonchev–Trinajstić information content (AvgIpc) is 2.37. The van der Waals surface area contributed by atoms with Gasteiger partial charge in [0.25, 0.3) is 4.92 Å². The van der Waals surface area contributed by atoms with Gasteiger partial charge in [-0.1, -0.05) is 0 Å². The summed E-state index contributed by atoms with van der Waals surface area (Å²) in [6.07, 6.45) is 2.53. The molecule has 0 amide bonds. The predicted molar refractivity (Wildman–Crippen MR) is 65.4 cm³/mol. The number of aromatic hydroxyl groups is 1. The summed E-state index contributed by atoms with van der Waals surface area (Å²) in [5, 5.41) is 18.5. The molecule has 0 radical (unpaired) electrons. The van der Waals surface area contributed by atoms with Gasteiger partial charge >= 0.3 is 11.7 Å². The molecule has 0 unspecified atom stereocenters. The number of benzene rings is 1. The van der Waals surface area contributed by atoms with Crippen LogP contribution in [0.1, 0.15) is 12.5 Å². The smallest absolute Gasteiger partial charge is 0.362 e. The molecule has 0 aliphatic rings. The standard InChI is InChI=1S/C12H13NO6/c1-3-19-11(14)5-4-8-6-9(13(16)17)12(15)10(7-8)18-2/h4-7H,3H2,1-2H3,(H-,14,15,16,17)/p+1. The third-order valence-electron chi connectivity index (χ3n) is 2.20. The second-order valence-corrected chi connectivity index (χ2v) is 3.45. The van der Waals surface area contributed by atoms with E-state index >= 15 is 0 Å². The van der Waals surface area contributed by atoms with Gasteiger partial charge in [0, 0.05) is 12.1 Å². The van der Waals surface area contributed by atoms with Gasteiger partial charge in [0.05, 0.1) is 18.6 Å². The lowest BCUT2D eigenvalue weighted by molar-refractivity contribution is -0.730. The first-order valence-electron chi connectivity index (χ1n) is 5.41. The first-order valence-corrected chi connectivity index (χ1v) is 5.41. The number of phenols is 1. The van der Waals surface area contributed by atoms with Crippen molar-refractivity contribution in [2.45, 2.75) is 6.92 Å². The summed E-state index contributed by atoms with van der Waals surface area (Å²) < 4.78 is 9.55. The molecule has 0 aliphatic heterocycles. The number of carbonyl (C=O) groups excluding carboxylic acids is 1. The number of methoxy groups -OCH3 is 1. The maximum Gasteiger partial charge on any atom is 0.362 e. The normalized spacial score (nSPS) is 10.4. The number of carbonyl (C=O) groups is 1. The highest BCUT2D eigenvalue weighted by Crippen LogP contribution is 2.36. The minimum Gasteiger partial charge on any atom is -0.499 e. The van der Waals surface area contributed by atoms with Gasteiger partial charge in [-0.2, -0.15) is 0 Å². The molecule has 0 heterocycles. The number of hydrogen-bond acceptors (Lipinski definition) is 5. The fraction of sp³-hybridized carbons (Fsp3) is 0.250. The Kier molecular flexibility index (Phi) is 4.87. The summed E-state index contributed by atoms with van der Waals surface area (Å²) in [5.74, 6) is -1.04. The minimum absolute atomic E-state index is 0.00379. The molecule has 0 bridgehead atoms. The third kappa shape index (κ3) is 3.70. The molecule has 0 atom stereocenters. The number of ether oxygens (including phenoxy) is 2. The van der Waals surface area contributed by atoms with Crippen LogP contribution in [-0.4, -0.2) is 34.9 Å². The van der Waals surface area contributed by atoms with Crippen molar-refractivity contribution in [3.63, 3.8) is 0 Å². The van der Waals surface area contributed by atoms with E-state index < -0.39 is 16.6 Å². The van der Waals surface area contributed by atoms with Gasteiger partial charge in [0.2, 0.25) is 5.75 Å². The van der Waals surface area contributed by atoms with Crippen LogP contribution in [0.15, 0.2) is 18.2 Å². The lowest BCUT2D eigenvalue weighted by Gasteiger charge is -2.03. The average molecular weight is 268 g/mol. The zero-order valence-corrected chi connectivity index (χ0v) is 10.5. The van der Waals surface area contributed by atoms with E-state index in [4.69, 9.17) is 14.7 Å². The lowest BCUT2D eigenvalue weighted by atomic mass is 10.1. The molecule has 0 saturated heterocycles. The lowest BCUT2D eigenvalue weighted by Crippen LogP contribution is -1.99. The highest BCUT2D eigenvalue weighted by Gasteiger charge is 2.23. The van der Waals surface area contributed by atoms with E-state index in [1.54, 1.807) is 6.92 Å². The van der Waals surface area contributed by atoms with E-state index in [9.17, 15) is 14.8 Å². The van der Waals surface area contributed by atoms with Gasteiger partial charge in [-0.25, -0.2) is 10.0 Å².